The fraction of sp³-hybridized carbons (Fsp3) is 0.619. The van der Waals surface area contributed by atoms with E-state index in [1.807, 2.05) is 10.8 Å². The molecule has 1 aromatic heterocycles. The standard InChI is InChI=1S/C21H29N5O3S/c1-21(2)18(25-8-10-26(11-9-25)30-12-5-22)3-4-19(21)27-14-17-15-28-20(29-17)13-24-7-6-23-16-24/h3-4,6-7,16-17,20H,8-15H2,1-2H3. The van der Waals surface area contributed by atoms with Gasteiger partial charge in [-0.25, -0.2) is 9.29 Å². The number of hydrogen-bond donors (Lipinski definition) is 0. The number of imidazole rings is 1. The van der Waals surface area contributed by atoms with Gasteiger partial charge in [0.1, 0.15) is 18.5 Å². The highest BCUT2D eigenvalue weighted by atomic mass is 32.2. The summed E-state index contributed by atoms with van der Waals surface area (Å²) in [6.45, 7) is 9.92. The zero-order valence-corrected chi connectivity index (χ0v) is 18.4. The molecule has 2 saturated heterocycles. The second kappa shape index (κ2) is 9.43. The number of allylic oxidation sites excluding steroid dienone is 2. The lowest BCUT2D eigenvalue weighted by atomic mass is 9.89. The maximum Gasteiger partial charge on any atom is 0.176 e. The van der Waals surface area contributed by atoms with Gasteiger partial charge in [-0.3, -0.25) is 0 Å². The summed E-state index contributed by atoms with van der Waals surface area (Å²) >= 11 is 1.62. The molecule has 1 aliphatic carbocycles. The van der Waals surface area contributed by atoms with Crippen LogP contribution in [0, 0.1) is 16.7 Å². The van der Waals surface area contributed by atoms with Gasteiger partial charge in [0.25, 0.3) is 0 Å². The van der Waals surface area contributed by atoms with Crippen molar-refractivity contribution in [3.05, 3.63) is 42.3 Å². The molecule has 30 heavy (non-hydrogen) atoms. The van der Waals surface area contributed by atoms with Crippen molar-refractivity contribution in [3.8, 4) is 6.07 Å². The highest BCUT2D eigenvalue weighted by Gasteiger charge is 2.38. The van der Waals surface area contributed by atoms with Crippen LogP contribution in [-0.4, -0.2) is 76.3 Å². The molecule has 2 fully saturated rings. The molecule has 0 N–H and O–H groups in total. The first-order chi connectivity index (χ1) is 14.6. The molecule has 2 unspecified atom stereocenters. The predicted octanol–water partition coefficient (Wildman–Crippen LogP) is 2.24. The number of hydrogen-bond acceptors (Lipinski definition) is 8. The van der Waals surface area contributed by atoms with Crippen LogP contribution < -0.4 is 0 Å². The molecule has 3 aliphatic rings. The van der Waals surface area contributed by atoms with Gasteiger partial charge in [0, 0.05) is 44.3 Å². The lowest BCUT2D eigenvalue weighted by Gasteiger charge is -2.40. The van der Waals surface area contributed by atoms with Crippen molar-refractivity contribution in [2.24, 2.45) is 5.41 Å². The fourth-order valence-corrected chi connectivity index (χ4v) is 4.71. The van der Waals surface area contributed by atoms with Crippen LogP contribution >= 0.6 is 11.9 Å². The van der Waals surface area contributed by atoms with E-state index in [1.54, 1.807) is 24.5 Å². The minimum Gasteiger partial charge on any atom is -0.494 e. The van der Waals surface area contributed by atoms with Crippen molar-refractivity contribution < 1.29 is 14.2 Å². The Hall–Kier alpha value is -1.99. The van der Waals surface area contributed by atoms with Crippen molar-refractivity contribution >= 4 is 11.9 Å². The molecule has 0 bridgehead atoms. The van der Waals surface area contributed by atoms with E-state index < -0.39 is 0 Å². The Labute approximate surface area is 182 Å². The quantitative estimate of drug-likeness (QED) is 0.580. The van der Waals surface area contributed by atoms with Gasteiger partial charge in [-0.15, -0.1) is 0 Å². The zero-order valence-electron chi connectivity index (χ0n) is 17.6. The van der Waals surface area contributed by atoms with E-state index >= 15 is 0 Å². The number of nitriles is 1. The van der Waals surface area contributed by atoms with Crippen LogP contribution in [0.2, 0.25) is 0 Å². The Morgan fingerprint density at radius 3 is 2.87 bits per heavy atom. The van der Waals surface area contributed by atoms with E-state index in [0.717, 1.165) is 31.9 Å². The second-order valence-corrected chi connectivity index (χ2v) is 9.21. The molecule has 3 heterocycles. The van der Waals surface area contributed by atoms with Crippen molar-refractivity contribution in [1.82, 2.24) is 18.8 Å². The third-order valence-corrected chi connectivity index (χ3v) is 6.68. The Bertz CT molecular complexity index is 809. The fourth-order valence-electron chi connectivity index (χ4n) is 4.05. The topological polar surface area (TPSA) is 75.8 Å². The molecule has 162 valence electrons. The van der Waals surface area contributed by atoms with Crippen LogP contribution in [0.1, 0.15) is 13.8 Å². The first-order valence-corrected chi connectivity index (χ1v) is 11.3. The maximum atomic E-state index is 8.76. The molecule has 2 atom stereocenters. The zero-order chi connectivity index (χ0) is 21.0. The number of rotatable bonds is 8. The van der Waals surface area contributed by atoms with E-state index in [2.05, 4.69) is 46.3 Å². The van der Waals surface area contributed by atoms with Gasteiger partial charge >= 0.3 is 0 Å². The number of ether oxygens (including phenoxy) is 3. The minimum atomic E-state index is -0.262. The molecule has 2 aliphatic heterocycles. The summed E-state index contributed by atoms with van der Waals surface area (Å²) in [4.78, 5) is 6.48. The van der Waals surface area contributed by atoms with E-state index in [1.165, 1.54) is 5.70 Å². The first kappa shape index (κ1) is 21.2. The molecule has 0 spiro atoms. The van der Waals surface area contributed by atoms with Gasteiger partial charge in [0.15, 0.2) is 6.29 Å². The largest absolute Gasteiger partial charge is 0.494 e. The number of aromatic nitrogens is 2. The van der Waals surface area contributed by atoms with Crippen LogP contribution in [0.15, 0.2) is 42.3 Å². The number of nitrogens with zero attached hydrogens (tertiary/aromatic N) is 5. The molecule has 0 radical (unpaired) electrons. The Morgan fingerprint density at radius 2 is 2.13 bits per heavy atom. The summed E-state index contributed by atoms with van der Waals surface area (Å²) in [6, 6.07) is 2.20. The molecule has 8 nitrogen and oxygen atoms in total. The molecule has 1 aromatic rings. The molecular formula is C21H29N5O3S. The molecule has 9 heteroatoms. The van der Waals surface area contributed by atoms with Gasteiger partial charge in [-0.1, -0.05) is 11.9 Å². The lowest BCUT2D eigenvalue weighted by molar-refractivity contribution is -0.0772. The van der Waals surface area contributed by atoms with Gasteiger partial charge < -0.3 is 23.7 Å². The van der Waals surface area contributed by atoms with Gasteiger partial charge in [0.2, 0.25) is 0 Å². The average Bonchev–Trinajstić information content (AvgIpc) is 3.47. The van der Waals surface area contributed by atoms with Crippen LogP contribution in [0.4, 0.5) is 0 Å². The van der Waals surface area contributed by atoms with Crippen molar-refractivity contribution in [2.45, 2.75) is 32.8 Å². The van der Waals surface area contributed by atoms with Crippen LogP contribution in [0.5, 0.6) is 0 Å². The van der Waals surface area contributed by atoms with Gasteiger partial charge in [-0.05, 0) is 26.0 Å². The second-order valence-electron chi connectivity index (χ2n) is 8.15. The lowest BCUT2D eigenvalue weighted by Crippen LogP contribution is -2.45. The van der Waals surface area contributed by atoms with E-state index in [9.17, 15) is 0 Å². The third-order valence-electron chi connectivity index (χ3n) is 5.70. The Kier molecular flexibility index (Phi) is 6.68. The highest BCUT2D eigenvalue weighted by molar-refractivity contribution is 7.97. The summed E-state index contributed by atoms with van der Waals surface area (Å²) in [5, 5.41) is 8.76. The molecule has 0 aromatic carbocycles. The van der Waals surface area contributed by atoms with Gasteiger partial charge in [-0.2, -0.15) is 5.26 Å². The smallest absolute Gasteiger partial charge is 0.176 e. The monoisotopic (exact) mass is 431 g/mol. The SMILES string of the molecule is CC1(C)C(OCC2COC(Cn3ccnc3)O2)=CC=C1N1CCN(SCC#N)CC1. The molecule has 0 amide bonds. The van der Waals surface area contributed by atoms with E-state index in [-0.39, 0.29) is 17.8 Å². The predicted molar refractivity (Wildman–Crippen MR) is 114 cm³/mol. The summed E-state index contributed by atoms with van der Waals surface area (Å²) < 4.78 is 22.1. The van der Waals surface area contributed by atoms with Crippen LogP contribution in [0.25, 0.3) is 0 Å². The van der Waals surface area contributed by atoms with Gasteiger partial charge in [0.05, 0.1) is 36.7 Å². The Morgan fingerprint density at radius 1 is 1.30 bits per heavy atom. The summed E-state index contributed by atoms with van der Waals surface area (Å²) in [5.41, 5.74) is 1.13. The first-order valence-electron chi connectivity index (χ1n) is 10.3. The third kappa shape index (κ3) is 4.83. The maximum absolute atomic E-state index is 8.76. The summed E-state index contributed by atoms with van der Waals surface area (Å²) in [7, 11) is 0. The summed E-state index contributed by atoms with van der Waals surface area (Å²) in [5.74, 6) is 1.49. The van der Waals surface area contributed by atoms with Crippen molar-refractivity contribution in [2.75, 3.05) is 45.1 Å². The molecule has 4 rings (SSSR count). The normalized spacial score (nSPS) is 26.4. The molecular weight excluding hydrogens is 402 g/mol. The number of piperazine rings is 1. The highest BCUT2D eigenvalue weighted by Crippen LogP contribution is 2.42. The van der Waals surface area contributed by atoms with Crippen molar-refractivity contribution in [3.63, 3.8) is 0 Å². The summed E-state index contributed by atoms with van der Waals surface area (Å²) in [6.07, 6.45) is 9.35. The van der Waals surface area contributed by atoms with Crippen LogP contribution in [-0.2, 0) is 20.8 Å². The Balaban J connectivity index is 1.23. The van der Waals surface area contributed by atoms with E-state index in [0.29, 0.717) is 25.5 Å². The average molecular weight is 432 g/mol. The minimum absolute atomic E-state index is 0.0695. The van der Waals surface area contributed by atoms with Crippen LogP contribution in [0.3, 0.4) is 0 Å². The van der Waals surface area contributed by atoms with Crippen molar-refractivity contribution in [1.29, 1.82) is 5.26 Å². The van der Waals surface area contributed by atoms with E-state index in [4.69, 9.17) is 19.5 Å². The molecule has 0 saturated carbocycles.